The lowest BCUT2D eigenvalue weighted by Crippen LogP contribution is -2.58. The third kappa shape index (κ3) is 4.96. The summed E-state index contributed by atoms with van der Waals surface area (Å²) in [5.41, 5.74) is 2.88. The van der Waals surface area contributed by atoms with Gasteiger partial charge in [-0.3, -0.25) is 24.6 Å². The van der Waals surface area contributed by atoms with E-state index in [0.717, 1.165) is 91.2 Å². The maximum atomic E-state index is 13.8. The average molecular weight is 595 g/mol. The lowest BCUT2D eigenvalue weighted by atomic mass is 9.49. The number of H-pyrrole nitrogens is 1. The van der Waals surface area contributed by atoms with E-state index in [0.29, 0.717) is 23.1 Å². The summed E-state index contributed by atoms with van der Waals surface area (Å²) in [6.45, 7) is 4.81. The number of amides is 1. The smallest absolute Gasteiger partial charge is 0.282 e. The minimum atomic E-state index is -0.154. The van der Waals surface area contributed by atoms with Crippen LogP contribution in [-0.2, 0) is 4.79 Å². The van der Waals surface area contributed by atoms with Crippen molar-refractivity contribution in [2.24, 2.45) is 28.2 Å². The maximum absolute atomic E-state index is 13.8. The van der Waals surface area contributed by atoms with Crippen LogP contribution in [0.4, 0.5) is 0 Å². The van der Waals surface area contributed by atoms with Gasteiger partial charge in [0, 0.05) is 44.5 Å². The van der Waals surface area contributed by atoms with Gasteiger partial charge in [0.15, 0.2) is 0 Å². The highest BCUT2D eigenvalue weighted by Crippen LogP contribution is 2.60. The van der Waals surface area contributed by atoms with Crippen LogP contribution < -0.4 is 5.56 Å². The number of nitrogens with zero attached hydrogens (tertiary/aromatic N) is 5. The van der Waals surface area contributed by atoms with Crippen LogP contribution in [0.5, 0.6) is 0 Å². The first-order valence-electron chi connectivity index (χ1n) is 15.8. The molecule has 3 heterocycles. The average Bonchev–Trinajstić information content (AvgIpc) is 3.60. The van der Waals surface area contributed by atoms with Crippen LogP contribution in [0.3, 0.4) is 0 Å². The summed E-state index contributed by atoms with van der Waals surface area (Å²) >= 11 is 1.49. The minimum Gasteiger partial charge on any atom is -0.340 e. The van der Waals surface area contributed by atoms with E-state index in [9.17, 15) is 9.59 Å². The van der Waals surface area contributed by atoms with Gasteiger partial charge in [-0.2, -0.15) is 4.68 Å². The van der Waals surface area contributed by atoms with Gasteiger partial charge in [-0.25, -0.2) is 4.98 Å². The van der Waals surface area contributed by atoms with Gasteiger partial charge < -0.3 is 4.90 Å². The second-order valence-corrected chi connectivity index (χ2v) is 14.2. The first-order valence-corrected chi connectivity index (χ1v) is 16.6. The molecule has 4 aromatic rings. The summed E-state index contributed by atoms with van der Waals surface area (Å²) in [5, 5.41) is 3.92. The van der Waals surface area contributed by atoms with Gasteiger partial charge in [0.1, 0.15) is 0 Å². The first kappa shape index (κ1) is 27.0. The molecule has 43 heavy (non-hydrogen) atoms. The lowest BCUT2D eigenvalue weighted by Gasteiger charge is -2.57. The largest absolute Gasteiger partial charge is 0.340 e. The van der Waals surface area contributed by atoms with Crippen molar-refractivity contribution in [2.75, 3.05) is 39.3 Å². The Balaban J connectivity index is 0.933. The molecule has 222 valence electrons. The summed E-state index contributed by atoms with van der Waals surface area (Å²) in [5.74, 6) is 2.83. The zero-order valence-corrected chi connectivity index (χ0v) is 25.3. The van der Waals surface area contributed by atoms with Crippen molar-refractivity contribution in [2.45, 2.75) is 38.5 Å². The number of aromatic nitrogens is 3. The van der Waals surface area contributed by atoms with Crippen molar-refractivity contribution >= 4 is 33.7 Å². The predicted molar refractivity (Wildman–Crippen MR) is 171 cm³/mol. The highest BCUT2D eigenvalue weighted by molar-refractivity contribution is 7.20. The molecule has 2 aromatic carbocycles. The number of hydrogen-bond acceptors (Lipinski definition) is 6. The molecule has 5 aliphatic rings. The first-order chi connectivity index (χ1) is 21.0. The van der Waals surface area contributed by atoms with E-state index in [2.05, 4.69) is 14.9 Å². The second kappa shape index (κ2) is 10.9. The Hall–Kier alpha value is -3.56. The lowest BCUT2D eigenvalue weighted by molar-refractivity contribution is -0.159. The van der Waals surface area contributed by atoms with Gasteiger partial charge in [-0.15, -0.1) is 0 Å². The normalized spacial score (nSPS) is 27.1. The topological polar surface area (TPSA) is 86.6 Å². The standard InChI is InChI=1S/C34H38N6O2S/c41-31-27(30(26-6-2-1-3-7-26)37-40(31)33-36-28-8-4-5-9-29(28)43-33)22-35-10-11-38-12-14-39(15-13-38)32(42)34-19-23-16-24(20-34)18-25(17-23)21-34/h1-9,22-25,37H,10-21H2. The molecule has 0 spiro atoms. The Labute approximate surface area is 255 Å². The number of rotatable bonds is 7. The fraction of sp³-hybridized carbons (Fsp3) is 0.471. The predicted octanol–water partition coefficient (Wildman–Crippen LogP) is 5.22. The molecule has 9 rings (SSSR count). The van der Waals surface area contributed by atoms with E-state index < -0.39 is 0 Å². The Morgan fingerprint density at radius 1 is 0.953 bits per heavy atom. The highest BCUT2D eigenvalue weighted by atomic mass is 32.1. The Kier molecular flexibility index (Phi) is 6.82. The molecule has 1 aliphatic heterocycles. The molecule has 8 nitrogen and oxygen atoms in total. The Morgan fingerprint density at radius 2 is 1.63 bits per heavy atom. The van der Waals surface area contributed by atoms with Crippen molar-refractivity contribution in [3.8, 4) is 16.4 Å². The molecule has 1 N–H and O–H groups in total. The minimum absolute atomic E-state index is 0.0491. The second-order valence-electron chi connectivity index (χ2n) is 13.2. The van der Waals surface area contributed by atoms with Crippen molar-refractivity contribution in [3.05, 3.63) is 70.5 Å². The number of carbonyl (C=O) groups excluding carboxylic acids is 1. The van der Waals surface area contributed by atoms with Crippen LogP contribution >= 0.6 is 11.3 Å². The summed E-state index contributed by atoms with van der Waals surface area (Å²) in [6.07, 6.45) is 9.23. The molecule has 4 bridgehead atoms. The number of fused-ring (bicyclic) bond motifs is 1. The number of aliphatic imine (C=N–C) groups is 1. The van der Waals surface area contributed by atoms with Crippen LogP contribution in [0.2, 0.25) is 0 Å². The van der Waals surface area contributed by atoms with Crippen molar-refractivity contribution in [3.63, 3.8) is 0 Å². The number of nitrogens with one attached hydrogen (secondary N) is 1. The van der Waals surface area contributed by atoms with Crippen LogP contribution in [0.25, 0.3) is 26.6 Å². The van der Waals surface area contributed by atoms with Gasteiger partial charge in [0.25, 0.3) is 5.56 Å². The third-order valence-corrected chi connectivity index (χ3v) is 11.4. The molecule has 4 aliphatic carbocycles. The van der Waals surface area contributed by atoms with Gasteiger partial charge in [0.05, 0.1) is 33.4 Å². The fourth-order valence-corrected chi connectivity index (χ4v) is 9.65. The number of thiazole rings is 1. The van der Waals surface area contributed by atoms with Crippen LogP contribution in [0.1, 0.15) is 44.1 Å². The molecule has 0 unspecified atom stereocenters. The van der Waals surface area contributed by atoms with E-state index in [1.54, 1.807) is 6.21 Å². The molecule has 5 fully saturated rings. The number of aromatic amines is 1. The Morgan fingerprint density at radius 3 is 2.33 bits per heavy atom. The fourth-order valence-electron chi connectivity index (χ4n) is 8.72. The summed E-state index contributed by atoms with van der Waals surface area (Å²) < 4.78 is 2.57. The molecular formula is C34H38N6O2S. The quantitative estimate of drug-likeness (QED) is 0.297. The van der Waals surface area contributed by atoms with Crippen molar-refractivity contribution in [1.82, 2.24) is 24.6 Å². The Bertz CT molecular complexity index is 1660. The summed E-state index contributed by atoms with van der Waals surface area (Å²) in [6, 6.07) is 17.8. The number of para-hydroxylation sites is 1. The van der Waals surface area contributed by atoms with E-state index in [1.165, 1.54) is 35.3 Å². The maximum Gasteiger partial charge on any atom is 0.282 e. The van der Waals surface area contributed by atoms with Crippen LogP contribution in [-0.4, -0.2) is 76.0 Å². The monoisotopic (exact) mass is 594 g/mol. The number of benzene rings is 2. The molecule has 0 atom stereocenters. The zero-order chi connectivity index (χ0) is 29.0. The molecule has 4 saturated carbocycles. The van der Waals surface area contributed by atoms with Gasteiger partial charge in [0.2, 0.25) is 11.0 Å². The summed E-state index contributed by atoms with van der Waals surface area (Å²) in [4.78, 5) is 41.4. The molecule has 9 heteroatoms. The number of carbonyl (C=O) groups is 1. The summed E-state index contributed by atoms with van der Waals surface area (Å²) in [7, 11) is 0. The number of hydrogen-bond donors (Lipinski definition) is 1. The molecular weight excluding hydrogens is 556 g/mol. The van der Waals surface area contributed by atoms with E-state index in [-0.39, 0.29) is 11.0 Å². The van der Waals surface area contributed by atoms with Crippen LogP contribution in [0, 0.1) is 23.2 Å². The van der Waals surface area contributed by atoms with Crippen LogP contribution in [0.15, 0.2) is 64.4 Å². The van der Waals surface area contributed by atoms with E-state index in [1.807, 2.05) is 54.6 Å². The van der Waals surface area contributed by atoms with Gasteiger partial charge >= 0.3 is 0 Å². The molecule has 0 radical (unpaired) electrons. The van der Waals surface area contributed by atoms with Crippen molar-refractivity contribution in [1.29, 1.82) is 0 Å². The third-order valence-electron chi connectivity index (χ3n) is 10.4. The van der Waals surface area contributed by atoms with Crippen molar-refractivity contribution < 1.29 is 4.79 Å². The molecule has 2 aromatic heterocycles. The molecule has 1 saturated heterocycles. The van der Waals surface area contributed by atoms with Gasteiger partial charge in [-0.05, 0) is 68.4 Å². The highest BCUT2D eigenvalue weighted by Gasteiger charge is 2.55. The molecule has 1 amide bonds. The number of piperazine rings is 1. The van der Waals surface area contributed by atoms with E-state index >= 15 is 0 Å². The SMILES string of the molecule is O=C(N1CCN(CCN=Cc2c(-c3ccccc3)[nH]n(-c3nc4ccccc4s3)c2=O)CC1)C12CC3CC(CC(C3)C1)C2. The van der Waals surface area contributed by atoms with Gasteiger partial charge in [-0.1, -0.05) is 53.8 Å². The zero-order valence-electron chi connectivity index (χ0n) is 24.5. The van der Waals surface area contributed by atoms with E-state index in [4.69, 9.17) is 9.98 Å².